The molecule has 3 atom stereocenters. The molecule has 2 aromatic carbocycles. The SMILES string of the molecule is CCCCC[C@@H](C(=O)NCNC(=O)c1ccc(-c2ccc(C(=O)N[C@@H](CC(=O)O)C(=O)O)c(OCC(=O)O)c2)o1)[C@@H](CC)N(C=O)OC(=O)c1cccc(C(=O)O)c1. The standard InChI is InChI=1S/C38H42N4O16/c1-3-5-6-10-24(27(4-2)42(20-43)58-38(55)23-9-7-8-22(15-23)36(51)52)33(48)39-19-40-35(50)29-14-13-28(57-29)21-11-12-25(30(16-21)56-18-32(46)47)34(49)41-26(37(53)54)17-31(44)45/h7-9,11-16,20,24,26-27H,3-6,10,17-19H2,1-2H3,(H,39,48)(H,40,50)(H,41,49)(H,44,45)(H,46,47)(H,51,52)(H,53,54)/t24-,26+,27-/m1/s1. The Bertz CT molecular complexity index is 2010. The van der Waals surface area contributed by atoms with Gasteiger partial charge in [0.2, 0.25) is 12.3 Å². The van der Waals surface area contributed by atoms with E-state index in [0.717, 1.165) is 30.0 Å². The summed E-state index contributed by atoms with van der Waals surface area (Å²) in [6.45, 7) is 2.33. The van der Waals surface area contributed by atoms with Crippen molar-refractivity contribution in [1.82, 2.24) is 21.0 Å². The van der Waals surface area contributed by atoms with Gasteiger partial charge in [0.1, 0.15) is 17.6 Å². The van der Waals surface area contributed by atoms with Crippen LogP contribution in [0.5, 0.6) is 5.75 Å². The Kier molecular flexibility index (Phi) is 16.9. The van der Waals surface area contributed by atoms with E-state index in [1.165, 1.54) is 42.5 Å². The summed E-state index contributed by atoms with van der Waals surface area (Å²) < 4.78 is 10.9. The first-order chi connectivity index (χ1) is 27.6. The summed E-state index contributed by atoms with van der Waals surface area (Å²) in [5, 5.41) is 44.5. The zero-order valence-electron chi connectivity index (χ0n) is 31.3. The molecule has 7 N–H and O–H groups in total. The van der Waals surface area contributed by atoms with Crippen LogP contribution in [-0.2, 0) is 28.8 Å². The summed E-state index contributed by atoms with van der Waals surface area (Å²) in [5.74, 6) is -10.6. The molecule has 20 heteroatoms. The Morgan fingerprint density at radius 2 is 1.57 bits per heavy atom. The minimum absolute atomic E-state index is 0.0515. The second-order valence-corrected chi connectivity index (χ2v) is 12.6. The van der Waals surface area contributed by atoms with Crippen molar-refractivity contribution in [2.24, 2.45) is 5.92 Å². The van der Waals surface area contributed by atoms with Gasteiger partial charge in [0, 0.05) is 5.56 Å². The molecule has 310 valence electrons. The summed E-state index contributed by atoms with van der Waals surface area (Å²) in [4.78, 5) is 115. The third-order valence-electron chi connectivity index (χ3n) is 8.49. The normalized spacial score (nSPS) is 12.2. The molecule has 0 saturated carbocycles. The van der Waals surface area contributed by atoms with Crippen molar-refractivity contribution in [2.75, 3.05) is 13.3 Å². The van der Waals surface area contributed by atoms with Crippen LogP contribution in [0.4, 0.5) is 0 Å². The fourth-order valence-corrected chi connectivity index (χ4v) is 5.63. The number of furan rings is 1. The van der Waals surface area contributed by atoms with Gasteiger partial charge in [0.15, 0.2) is 12.4 Å². The minimum atomic E-state index is -1.80. The van der Waals surface area contributed by atoms with E-state index in [9.17, 15) is 53.4 Å². The quantitative estimate of drug-likeness (QED) is 0.0296. The Morgan fingerprint density at radius 1 is 0.845 bits per heavy atom. The molecule has 0 saturated heterocycles. The van der Waals surface area contributed by atoms with Gasteiger partial charge in [-0.25, -0.2) is 19.2 Å². The number of benzene rings is 2. The average molecular weight is 811 g/mol. The molecular formula is C38H42N4O16. The number of carbonyl (C=O) groups is 9. The number of nitrogens with one attached hydrogen (secondary N) is 3. The predicted molar refractivity (Wildman–Crippen MR) is 197 cm³/mol. The van der Waals surface area contributed by atoms with Crippen LogP contribution in [0.2, 0.25) is 0 Å². The number of carboxylic acids is 4. The number of aliphatic carboxylic acids is 3. The molecule has 1 aromatic heterocycles. The molecule has 0 fully saturated rings. The maximum absolute atomic E-state index is 13.5. The summed E-state index contributed by atoms with van der Waals surface area (Å²) in [6, 6.07) is 8.62. The summed E-state index contributed by atoms with van der Waals surface area (Å²) in [5.41, 5.74) is -0.429. The van der Waals surface area contributed by atoms with E-state index >= 15 is 0 Å². The molecule has 3 rings (SSSR count). The molecular weight excluding hydrogens is 768 g/mol. The largest absolute Gasteiger partial charge is 0.481 e. The monoisotopic (exact) mass is 810 g/mol. The lowest BCUT2D eigenvalue weighted by atomic mass is 9.90. The number of hydrogen-bond acceptors (Lipinski definition) is 12. The zero-order valence-corrected chi connectivity index (χ0v) is 31.3. The maximum Gasteiger partial charge on any atom is 0.363 e. The second kappa shape index (κ2) is 21.7. The maximum atomic E-state index is 13.5. The number of hydrogen-bond donors (Lipinski definition) is 7. The van der Waals surface area contributed by atoms with E-state index in [2.05, 4.69) is 10.6 Å². The topological polar surface area (TPSA) is 305 Å². The van der Waals surface area contributed by atoms with Gasteiger partial charge in [0.05, 0.1) is 41.7 Å². The van der Waals surface area contributed by atoms with Crippen LogP contribution in [0.25, 0.3) is 11.3 Å². The van der Waals surface area contributed by atoms with Crippen molar-refractivity contribution in [3.63, 3.8) is 0 Å². The molecule has 0 bridgehead atoms. The van der Waals surface area contributed by atoms with Crippen molar-refractivity contribution in [3.8, 4) is 17.1 Å². The predicted octanol–water partition coefficient (Wildman–Crippen LogP) is 2.77. The lowest BCUT2D eigenvalue weighted by molar-refractivity contribution is -0.171. The van der Waals surface area contributed by atoms with Crippen molar-refractivity contribution >= 4 is 54.0 Å². The Morgan fingerprint density at radius 3 is 2.19 bits per heavy atom. The Hall–Kier alpha value is -7.25. The number of ether oxygens (including phenoxy) is 1. The second-order valence-electron chi connectivity index (χ2n) is 12.6. The number of unbranched alkanes of at least 4 members (excludes halogenated alkanes) is 2. The van der Waals surface area contributed by atoms with Gasteiger partial charge in [-0.05, 0) is 55.3 Å². The first kappa shape index (κ1) is 45.1. The molecule has 0 aliphatic heterocycles. The van der Waals surface area contributed by atoms with Crippen LogP contribution in [0.15, 0.2) is 59.0 Å². The molecule has 0 radical (unpaired) electrons. The molecule has 0 unspecified atom stereocenters. The van der Waals surface area contributed by atoms with Gasteiger partial charge in [-0.2, -0.15) is 5.06 Å². The highest BCUT2D eigenvalue weighted by Crippen LogP contribution is 2.29. The molecule has 1 heterocycles. The molecule has 20 nitrogen and oxygen atoms in total. The highest BCUT2D eigenvalue weighted by atomic mass is 16.7. The summed E-state index contributed by atoms with van der Waals surface area (Å²) in [6.07, 6.45) is 1.92. The fourth-order valence-electron chi connectivity index (χ4n) is 5.63. The first-order valence-electron chi connectivity index (χ1n) is 17.8. The van der Waals surface area contributed by atoms with Gasteiger partial charge in [-0.15, -0.1) is 0 Å². The van der Waals surface area contributed by atoms with Crippen molar-refractivity contribution in [1.29, 1.82) is 0 Å². The van der Waals surface area contributed by atoms with Crippen LogP contribution in [0, 0.1) is 5.92 Å². The molecule has 4 amide bonds. The third kappa shape index (κ3) is 12.9. The number of carbonyl (C=O) groups excluding carboxylic acids is 5. The lowest BCUT2D eigenvalue weighted by Gasteiger charge is -2.31. The highest BCUT2D eigenvalue weighted by Gasteiger charge is 2.34. The van der Waals surface area contributed by atoms with Crippen LogP contribution >= 0.6 is 0 Å². The number of rotatable bonds is 24. The third-order valence-corrected chi connectivity index (χ3v) is 8.49. The Labute approximate surface area is 330 Å². The molecule has 0 aliphatic rings. The van der Waals surface area contributed by atoms with Crippen molar-refractivity contribution in [3.05, 3.63) is 77.0 Å². The van der Waals surface area contributed by atoms with Crippen molar-refractivity contribution < 1.29 is 77.6 Å². The van der Waals surface area contributed by atoms with Crippen LogP contribution < -0.4 is 20.7 Å². The highest BCUT2D eigenvalue weighted by molar-refractivity contribution is 6.00. The van der Waals surface area contributed by atoms with Gasteiger partial charge < -0.3 is 50.4 Å². The van der Waals surface area contributed by atoms with E-state index in [1.807, 2.05) is 12.2 Å². The number of carboxylic acid groups (broad SMARTS) is 4. The summed E-state index contributed by atoms with van der Waals surface area (Å²) in [7, 11) is 0. The number of aromatic carboxylic acids is 1. The average Bonchev–Trinajstić information content (AvgIpc) is 3.69. The fraction of sp³-hybridized carbons (Fsp3) is 0.342. The molecule has 58 heavy (non-hydrogen) atoms. The van der Waals surface area contributed by atoms with E-state index < -0.39 is 85.3 Å². The van der Waals surface area contributed by atoms with E-state index in [-0.39, 0.29) is 58.8 Å². The molecule has 0 aliphatic carbocycles. The van der Waals surface area contributed by atoms with E-state index in [4.69, 9.17) is 24.2 Å². The van der Waals surface area contributed by atoms with Crippen molar-refractivity contribution in [2.45, 2.75) is 64.5 Å². The zero-order chi connectivity index (χ0) is 42.9. The summed E-state index contributed by atoms with van der Waals surface area (Å²) >= 11 is 0. The minimum Gasteiger partial charge on any atom is -0.481 e. The molecule has 3 aromatic rings. The van der Waals surface area contributed by atoms with Gasteiger partial charge in [-0.3, -0.25) is 24.0 Å². The Balaban J connectivity index is 1.73. The van der Waals surface area contributed by atoms with E-state index in [0.29, 0.717) is 6.42 Å². The van der Waals surface area contributed by atoms with Crippen LogP contribution in [0.3, 0.4) is 0 Å². The smallest absolute Gasteiger partial charge is 0.363 e. The lowest BCUT2D eigenvalue weighted by Crippen LogP contribution is -2.49. The number of hydroxylamine groups is 2. The van der Waals surface area contributed by atoms with E-state index in [1.54, 1.807) is 6.92 Å². The van der Waals surface area contributed by atoms with Crippen LogP contribution in [-0.4, -0.2) is 105 Å². The number of amides is 4. The molecule has 0 spiro atoms. The van der Waals surface area contributed by atoms with Crippen LogP contribution in [0.1, 0.15) is 94.0 Å². The van der Waals surface area contributed by atoms with Gasteiger partial charge >= 0.3 is 29.8 Å². The first-order valence-corrected chi connectivity index (χ1v) is 17.8. The van der Waals surface area contributed by atoms with Gasteiger partial charge in [-0.1, -0.05) is 45.2 Å². The van der Waals surface area contributed by atoms with Gasteiger partial charge in [0.25, 0.3) is 11.8 Å². The number of nitrogens with zero attached hydrogens (tertiary/aromatic N) is 1.